The third-order valence-corrected chi connectivity index (χ3v) is 5.49. The third-order valence-electron chi connectivity index (χ3n) is 4.28. The lowest BCUT2D eigenvalue weighted by molar-refractivity contribution is -0.122. The average molecular weight is 497 g/mol. The molecule has 1 heterocycles. The van der Waals surface area contributed by atoms with E-state index in [-0.39, 0.29) is 23.0 Å². The van der Waals surface area contributed by atoms with Crippen LogP contribution in [0.3, 0.4) is 0 Å². The number of fused-ring (bicyclic) bond motifs is 1. The predicted octanol–water partition coefficient (Wildman–Crippen LogP) is 3.50. The molecule has 3 aromatic rings. The minimum Gasteiger partial charge on any atom is -0.346 e. The van der Waals surface area contributed by atoms with E-state index in [1.807, 2.05) is 5.32 Å². The number of carbonyl (C=O) groups excluding carboxylic acids is 2. The van der Waals surface area contributed by atoms with Gasteiger partial charge in [-0.25, -0.2) is 18.2 Å². The number of amides is 2. The van der Waals surface area contributed by atoms with E-state index >= 15 is 0 Å². The van der Waals surface area contributed by atoms with E-state index in [0.717, 1.165) is 17.8 Å². The van der Waals surface area contributed by atoms with Gasteiger partial charge in [-0.2, -0.15) is 0 Å². The number of hydrogen-bond acceptors (Lipinski definition) is 5. The van der Waals surface area contributed by atoms with Gasteiger partial charge in [0, 0.05) is 11.6 Å². The largest absolute Gasteiger partial charge is 0.346 e. The number of hydrogen-bond donors (Lipinski definition) is 2. The van der Waals surface area contributed by atoms with E-state index in [1.54, 1.807) is 12.1 Å². The summed E-state index contributed by atoms with van der Waals surface area (Å²) in [5.74, 6) is -6.28. The molecule has 0 aliphatic heterocycles. The predicted molar refractivity (Wildman–Crippen MR) is 120 cm³/mol. The molecule has 0 radical (unpaired) electrons. The summed E-state index contributed by atoms with van der Waals surface area (Å²) < 4.78 is 41.2. The minimum absolute atomic E-state index is 0.163. The van der Waals surface area contributed by atoms with Crippen molar-refractivity contribution in [2.75, 3.05) is 17.6 Å². The van der Waals surface area contributed by atoms with Gasteiger partial charge in [-0.05, 0) is 30.3 Å². The van der Waals surface area contributed by atoms with Crippen LogP contribution < -0.4 is 16.2 Å². The van der Waals surface area contributed by atoms with Crippen LogP contribution in [0.25, 0.3) is 10.9 Å². The van der Waals surface area contributed by atoms with Crippen molar-refractivity contribution < 1.29 is 22.8 Å². The molecule has 0 bridgehead atoms. The molecule has 2 amide bonds. The maximum absolute atomic E-state index is 13.6. The number of aromatic nitrogens is 2. The molecule has 0 unspecified atom stereocenters. The maximum Gasteiger partial charge on any atom is 0.262 e. The van der Waals surface area contributed by atoms with Crippen molar-refractivity contribution in [3.8, 4) is 0 Å². The van der Waals surface area contributed by atoms with Crippen molar-refractivity contribution in [1.82, 2.24) is 14.9 Å². The number of allylic oxidation sites excluding steroid dienone is 1. The lowest BCUT2D eigenvalue weighted by Crippen LogP contribution is -2.34. The fourth-order valence-corrected chi connectivity index (χ4v) is 3.76. The van der Waals surface area contributed by atoms with Crippen molar-refractivity contribution in [3.05, 3.63) is 75.8 Å². The molecule has 0 saturated heterocycles. The summed E-state index contributed by atoms with van der Waals surface area (Å²) in [5.41, 5.74) is -0.522. The van der Waals surface area contributed by atoms with Crippen molar-refractivity contribution in [2.45, 2.75) is 11.7 Å². The topological polar surface area (TPSA) is 93.1 Å². The highest BCUT2D eigenvalue weighted by Gasteiger charge is 2.16. The van der Waals surface area contributed by atoms with Crippen molar-refractivity contribution in [1.29, 1.82) is 0 Å². The second-order valence-corrected chi connectivity index (χ2v) is 7.98. The fourth-order valence-electron chi connectivity index (χ4n) is 2.75. The first-order valence-corrected chi connectivity index (χ1v) is 10.7. The Hall–Kier alpha value is -3.31. The molecule has 0 fully saturated rings. The second-order valence-electron chi connectivity index (χ2n) is 6.60. The van der Waals surface area contributed by atoms with Crippen molar-refractivity contribution >= 4 is 51.8 Å². The second kappa shape index (κ2) is 10.5. The fraction of sp³-hybridized carbons (Fsp3) is 0.143. The number of rotatable bonds is 8. The van der Waals surface area contributed by atoms with Crippen LogP contribution in [-0.2, 0) is 16.1 Å². The van der Waals surface area contributed by atoms with Gasteiger partial charge in [0.15, 0.2) is 22.6 Å². The van der Waals surface area contributed by atoms with E-state index in [4.69, 9.17) is 11.6 Å². The molecule has 0 saturated carbocycles. The van der Waals surface area contributed by atoms with E-state index in [0.29, 0.717) is 22.0 Å². The molecule has 0 spiro atoms. The van der Waals surface area contributed by atoms with Gasteiger partial charge >= 0.3 is 0 Å². The Labute approximate surface area is 194 Å². The number of halogens is 4. The van der Waals surface area contributed by atoms with Crippen LogP contribution in [0.2, 0.25) is 5.02 Å². The third kappa shape index (κ3) is 5.74. The van der Waals surface area contributed by atoms with E-state index in [1.165, 1.54) is 16.7 Å². The zero-order valence-corrected chi connectivity index (χ0v) is 18.4. The highest BCUT2D eigenvalue weighted by atomic mass is 35.5. The van der Waals surface area contributed by atoms with Crippen LogP contribution >= 0.6 is 23.4 Å². The first kappa shape index (κ1) is 24.3. The molecular weight excluding hydrogens is 481 g/mol. The van der Waals surface area contributed by atoms with Gasteiger partial charge in [0.05, 0.1) is 28.9 Å². The molecule has 33 heavy (non-hydrogen) atoms. The monoisotopic (exact) mass is 496 g/mol. The lowest BCUT2D eigenvalue weighted by atomic mass is 10.2. The molecule has 172 valence electrons. The Kier molecular flexibility index (Phi) is 7.77. The molecule has 0 aliphatic rings. The van der Waals surface area contributed by atoms with Gasteiger partial charge < -0.3 is 10.6 Å². The number of benzene rings is 2. The molecule has 1 aromatic heterocycles. The Morgan fingerprint density at radius 3 is 2.64 bits per heavy atom. The highest BCUT2D eigenvalue weighted by molar-refractivity contribution is 7.99. The zero-order chi connectivity index (χ0) is 24.1. The van der Waals surface area contributed by atoms with Gasteiger partial charge in [-0.15, -0.1) is 6.58 Å². The normalized spacial score (nSPS) is 10.8. The Bertz CT molecular complexity index is 1320. The standard InChI is InChI=1S/C21H16ClF3N4O3S/c1-2-7-29-20(32)12-4-3-11(22)8-15(12)28-21(29)33-10-17(31)26-9-16(30)27-14-6-5-13(23)18(24)19(14)25/h2-6,8H,1,7,9-10H2,(H,26,31)(H,27,30). The highest BCUT2D eigenvalue weighted by Crippen LogP contribution is 2.21. The number of nitrogens with zero attached hydrogens (tertiary/aromatic N) is 2. The van der Waals surface area contributed by atoms with Crippen molar-refractivity contribution in [3.63, 3.8) is 0 Å². The molecule has 0 atom stereocenters. The summed E-state index contributed by atoms with van der Waals surface area (Å²) in [6.45, 7) is 3.23. The SMILES string of the molecule is C=CCn1c(SCC(=O)NCC(=O)Nc2ccc(F)c(F)c2F)nc2cc(Cl)ccc2c1=O. The van der Waals surface area contributed by atoms with Gasteiger partial charge in [-0.1, -0.05) is 29.4 Å². The quantitative estimate of drug-likeness (QED) is 0.215. The minimum atomic E-state index is -1.72. The summed E-state index contributed by atoms with van der Waals surface area (Å²) in [4.78, 5) is 41.2. The Balaban J connectivity index is 1.64. The molecule has 2 N–H and O–H groups in total. The summed E-state index contributed by atoms with van der Waals surface area (Å²) in [7, 11) is 0. The van der Waals surface area contributed by atoms with Crippen LogP contribution in [0.1, 0.15) is 0 Å². The summed E-state index contributed by atoms with van der Waals surface area (Å²) in [6.07, 6.45) is 1.51. The summed E-state index contributed by atoms with van der Waals surface area (Å²) in [6, 6.07) is 6.18. The van der Waals surface area contributed by atoms with Gasteiger partial charge in [0.1, 0.15) is 0 Å². The first-order chi connectivity index (χ1) is 15.7. The van der Waals surface area contributed by atoms with Gasteiger partial charge in [-0.3, -0.25) is 19.0 Å². The summed E-state index contributed by atoms with van der Waals surface area (Å²) >= 11 is 6.93. The average Bonchev–Trinajstić information content (AvgIpc) is 2.78. The summed E-state index contributed by atoms with van der Waals surface area (Å²) in [5, 5.41) is 5.36. The number of anilines is 1. The Morgan fingerprint density at radius 1 is 1.15 bits per heavy atom. The molecular formula is C21H16ClF3N4O3S. The van der Waals surface area contributed by atoms with Crippen molar-refractivity contribution in [2.24, 2.45) is 0 Å². The number of carbonyl (C=O) groups is 2. The molecule has 12 heteroatoms. The molecule has 2 aromatic carbocycles. The van der Waals surface area contributed by atoms with Crippen LogP contribution in [0.15, 0.2) is 52.9 Å². The van der Waals surface area contributed by atoms with Crippen LogP contribution in [0.4, 0.5) is 18.9 Å². The zero-order valence-electron chi connectivity index (χ0n) is 16.8. The van der Waals surface area contributed by atoms with E-state index in [2.05, 4.69) is 16.9 Å². The molecule has 0 aliphatic carbocycles. The van der Waals surface area contributed by atoms with Crippen LogP contribution in [0.5, 0.6) is 0 Å². The van der Waals surface area contributed by atoms with E-state index in [9.17, 15) is 27.6 Å². The van der Waals surface area contributed by atoms with Crippen LogP contribution in [0, 0.1) is 17.5 Å². The lowest BCUT2D eigenvalue weighted by Gasteiger charge is -2.12. The smallest absolute Gasteiger partial charge is 0.262 e. The maximum atomic E-state index is 13.6. The Morgan fingerprint density at radius 2 is 1.91 bits per heavy atom. The van der Waals surface area contributed by atoms with Gasteiger partial charge in [0.2, 0.25) is 11.8 Å². The van der Waals surface area contributed by atoms with Gasteiger partial charge in [0.25, 0.3) is 5.56 Å². The molecule has 7 nitrogen and oxygen atoms in total. The molecule has 3 rings (SSSR count). The number of nitrogens with one attached hydrogen (secondary N) is 2. The van der Waals surface area contributed by atoms with Crippen LogP contribution in [-0.4, -0.2) is 33.7 Å². The first-order valence-electron chi connectivity index (χ1n) is 9.35. The van der Waals surface area contributed by atoms with E-state index < -0.39 is 41.5 Å². The number of thioether (sulfide) groups is 1.